The fourth-order valence-corrected chi connectivity index (χ4v) is 5.41. The van der Waals surface area contributed by atoms with E-state index in [0.29, 0.717) is 16.9 Å². The van der Waals surface area contributed by atoms with Crippen molar-refractivity contribution in [3.63, 3.8) is 0 Å². The lowest BCUT2D eigenvalue weighted by molar-refractivity contribution is -0.162. The molecule has 0 fully saturated rings. The molecule has 1 rings (SSSR count). The molecule has 0 aliphatic carbocycles. The average Bonchev–Trinajstić information content (AvgIpc) is 2.63. The van der Waals surface area contributed by atoms with Gasteiger partial charge in [-0.3, -0.25) is 4.79 Å². The molecule has 2 unspecified atom stereocenters. The lowest BCUT2D eigenvalue weighted by atomic mass is 10.1. The first-order valence-electron chi connectivity index (χ1n) is 10.2. The van der Waals surface area contributed by atoms with Crippen molar-refractivity contribution in [1.29, 1.82) is 0 Å². The number of carbonyl (C=O) groups is 2. The van der Waals surface area contributed by atoms with Gasteiger partial charge in [0.05, 0.1) is 0 Å². The molecule has 0 amide bonds. The summed E-state index contributed by atoms with van der Waals surface area (Å²) in [6, 6.07) is 4.88. The van der Waals surface area contributed by atoms with Crippen LogP contribution in [0.15, 0.2) is 18.2 Å². The highest BCUT2D eigenvalue weighted by atomic mass is 28.3. The molecule has 7 heteroatoms. The third-order valence-corrected chi connectivity index (χ3v) is 7.52. The molecule has 28 heavy (non-hydrogen) atoms. The number of aliphatic carboxylic acids is 1. The van der Waals surface area contributed by atoms with Gasteiger partial charge in [-0.25, -0.2) is 4.79 Å². The predicted molar refractivity (Wildman–Crippen MR) is 111 cm³/mol. The third-order valence-electron chi connectivity index (χ3n) is 4.88. The highest BCUT2D eigenvalue weighted by molar-refractivity contribution is 6.52. The molecule has 0 bridgehead atoms. The summed E-state index contributed by atoms with van der Waals surface area (Å²) in [5, 5.41) is 19.3. The molecule has 0 saturated carbocycles. The topological polar surface area (TPSA) is 93.1 Å². The quantitative estimate of drug-likeness (QED) is 0.369. The van der Waals surface area contributed by atoms with Crippen molar-refractivity contribution < 1.29 is 29.0 Å². The van der Waals surface area contributed by atoms with E-state index >= 15 is 0 Å². The molecule has 2 N–H and O–H groups in total. The van der Waals surface area contributed by atoms with Gasteiger partial charge >= 0.3 is 11.9 Å². The number of ether oxygens (including phenoxy) is 1. The summed E-state index contributed by atoms with van der Waals surface area (Å²) in [5.74, 6) is -1.32. The monoisotopic (exact) mass is 410 g/mol. The van der Waals surface area contributed by atoms with Crippen molar-refractivity contribution >= 4 is 21.0 Å². The third kappa shape index (κ3) is 8.33. The van der Waals surface area contributed by atoms with Gasteiger partial charge < -0.3 is 19.4 Å². The largest absolute Gasteiger partial charge is 0.546 e. The molecular weight excluding hydrogens is 376 g/mol. The molecule has 1 aromatic carbocycles. The molecule has 0 spiro atoms. The number of phenolic OH excluding ortho intramolecular Hbond substituents is 1. The maximum Gasteiger partial charge on any atom is 0.345 e. The molecule has 1 aromatic rings. The minimum Gasteiger partial charge on any atom is -0.546 e. The number of carboxylic acid groups (broad SMARTS) is 1. The number of carboxylic acids is 1. The highest BCUT2D eigenvalue weighted by Gasteiger charge is 2.24. The number of rotatable bonds is 13. The van der Waals surface area contributed by atoms with Gasteiger partial charge in [0, 0.05) is 18.9 Å². The first-order valence-corrected chi connectivity index (χ1v) is 12.5. The first kappa shape index (κ1) is 24.0. The number of esters is 1. The molecule has 0 aliphatic rings. The molecule has 0 radical (unpaired) electrons. The van der Waals surface area contributed by atoms with Crippen molar-refractivity contribution in [1.82, 2.24) is 0 Å². The van der Waals surface area contributed by atoms with Gasteiger partial charge in [-0.2, -0.15) is 0 Å². The summed E-state index contributed by atoms with van der Waals surface area (Å²) < 4.78 is 11.1. The van der Waals surface area contributed by atoms with E-state index in [1.165, 1.54) is 44.6 Å². The van der Waals surface area contributed by atoms with Crippen LogP contribution in [0.5, 0.6) is 11.5 Å². The minimum atomic E-state index is -1.51. The Kier molecular flexibility index (Phi) is 10.7. The fraction of sp³-hybridized carbons (Fsp3) is 0.619. The maximum absolute atomic E-state index is 11.3. The highest BCUT2D eigenvalue weighted by Crippen LogP contribution is 2.30. The summed E-state index contributed by atoms with van der Waals surface area (Å²) in [7, 11) is -1.51. The van der Waals surface area contributed by atoms with Gasteiger partial charge in [0.1, 0.15) is 11.5 Å². The Labute approximate surface area is 169 Å². The molecule has 0 saturated heterocycles. The van der Waals surface area contributed by atoms with E-state index in [4.69, 9.17) is 9.16 Å². The smallest absolute Gasteiger partial charge is 0.345 e. The van der Waals surface area contributed by atoms with E-state index in [1.54, 1.807) is 12.1 Å². The minimum absolute atomic E-state index is 0.0337. The predicted octanol–water partition coefficient (Wildman–Crippen LogP) is 4.43. The van der Waals surface area contributed by atoms with E-state index in [2.05, 4.69) is 20.4 Å². The number of aromatic hydroxyl groups is 1. The van der Waals surface area contributed by atoms with Crippen molar-refractivity contribution in [3.8, 4) is 11.5 Å². The molecular formula is C21H34O6Si. The van der Waals surface area contributed by atoms with Crippen LogP contribution in [0.3, 0.4) is 0 Å². The summed E-state index contributed by atoms with van der Waals surface area (Å²) >= 11 is 0. The first-order chi connectivity index (χ1) is 13.3. The molecule has 158 valence electrons. The molecule has 0 aromatic heterocycles. The Bertz CT molecular complexity index is 625. The number of benzene rings is 1. The molecule has 0 aliphatic heterocycles. The number of carbonyl (C=O) groups excluding carboxylic acids is 1. The number of unbranched alkanes of at least 4 members (excludes halogenated alkanes) is 2. The van der Waals surface area contributed by atoms with Crippen LogP contribution in [-0.4, -0.2) is 37.3 Å². The zero-order valence-electron chi connectivity index (χ0n) is 17.4. The van der Waals surface area contributed by atoms with Crippen LogP contribution in [0.2, 0.25) is 12.1 Å². The van der Waals surface area contributed by atoms with Crippen LogP contribution in [0, 0.1) is 0 Å². The van der Waals surface area contributed by atoms with Gasteiger partial charge in [0.2, 0.25) is 15.1 Å². The van der Waals surface area contributed by atoms with Crippen molar-refractivity contribution in [2.75, 3.05) is 0 Å². The molecule has 6 nitrogen and oxygen atoms in total. The summed E-state index contributed by atoms with van der Waals surface area (Å²) in [5.41, 5.74) is 0.982. The Morgan fingerprint density at radius 2 is 1.75 bits per heavy atom. The lowest BCUT2D eigenvalue weighted by Crippen LogP contribution is -2.28. The maximum atomic E-state index is 11.3. The van der Waals surface area contributed by atoms with E-state index < -0.39 is 27.1 Å². The van der Waals surface area contributed by atoms with E-state index in [1.807, 2.05) is 0 Å². The molecule has 0 heterocycles. The second-order valence-electron chi connectivity index (χ2n) is 7.30. The van der Waals surface area contributed by atoms with Gasteiger partial charge in [-0.05, 0) is 43.1 Å². The second kappa shape index (κ2) is 12.4. The van der Waals surface area contributed by atoms with E-state index in [9.17, 15) is 19.8 Å². The number of phenols is 1. The lowest BCUT2D eigenvalue weighted by Gasteiger charge is -2.24. The van der Waals surface area contributed by atoms with E-state index in [0.717, 1.165) is 6.92 Å². The van der Waals surface area contributed by atoms with Gasteiger partial charge in [0.25, 0.3) is 0 Å². The SMILES string of the molecule is CCCCC(CCCC)[SiH](C)Oc1ccc(O)c(CC(OC(C)=O)C(=O)O)c1. The molecule has 2 atom stereocenters. The van der Waals surface area contributed by atoms with Gasteiger partial charge in [-0.1, -0.05) is 39.5 Å². The van der Waals surface area contributed by atoms with Crippen LogP contribution in [0.1, 0.15) is 64.9 Å². The number of hydrogen-bond acceptors (Lipinski definition) is 5. The Balaban J connectivity index is 2.89. The van der Waals surface area contributed by atoms with Crippen LogP contribution >= 0.6 is 0 Å². The normalized spacial score (nSPS) is 13.2. The summed E-state index contributed by atoms with van der Waals surface area (Å²) in [6.45, 7) is 7.74. The van der Waals surface area contributed by atoms with Gasteiger partial charge in [0.15, 0.2) is 0 Å². The van der Waals surface area contributed by atoms with Crippen LogP contribution in [0.25, 0.3) is 0 Å². The zero-order valence-corrected chi connectivity index (χ0v) is 18.6. The van der Waals surface area contributed by atoms with Crippen molar-refractivity contribution in [3.05, 3.63) is 23.8 Å². The standard InChI is InChI=1S/C21H34O6Si/c1-5-7-9-18(10-8-6-2)28(4)27-17-11-12-19(23)16(13-17)14-20(21(24)25)26-15(3)22/h11-13,18,20,23,28H,5-10,14H2,1-4H3,(H,24,25). The Morgan fingerprint density at radius 3 is 2.25 bits per heavy atom. The van der Waals surface area contributed by atoms with Crippen molar-refractivity contribution in [2.24, 2.45) is 0 Å². The van der Waals surface area contributed by atoms with Crippen LogP contribution in [0.4, 0.5) is 0 Å². The summed E-state index contributed by atoms with van der Waals surface area (Å²) in [6.07, 6.45) is 5.61. The van der Waals surface area contributed by atoms with Crippen LogP contribution < -0.4 is 4.43 Å². The van der Waals surface area contributed by atoms with Gasteiger partial charge in [-0.15, -0.1) is 0 Å². The second-order valence-corrected chi connectivity index (χ2v) is 9.89. The Hall–Kier alpha value is -2.02. The Morgan fingerprint density at radius 1 is 1.14 bits per heavy atom. The fourth-order valence-electron chi connectivity index (χ4n) is 3.24. The number of hydrogen-bond donors (Lipinski definition) is 2. The zero-order chi connectivity index (χ0) is 21.1. The van der Waals surface area contributed by atoms with Crippen LogP contribution in [-0.2, 0) is 20.7 Å². The van der Waals surface area contributed by atoms with Crippen molar-refractivity contribution in [2.45, 2.75) is 83.9 Å². The summed E-state index contributed by atoms with van der Waals surface area (Å²) in [4.78, 5) is 22.4. The average molecular weight is 411 g/mol. The van der Waals surface area contributed by atoms with E-state index in [-0.39, 0.29) is 12.2 Å².